The third-order valence-corrected chi connectivity index (χ3v) is 3.94. The van der Waals surface area contributed by atoms with Crippen LogP contribution >= 0.6 is 0 Å². The van der Waals surface area contributed by atoms with Gasteiger partial charge in [-0.05, 0) is 44.0 Å². The molecular formula is C16H20N4O. The third kappa shape index (κ3) is 2.51. The number of nitrogens with two attached hydrogens (primary N) is 1. The number of amides is 1. The molecule has 0 radical (unpaired) electrons. The fourth-order valence-electron chi connectivity index (χ4n) is 2.89. The summed E-state index contributed by atoms with van der Waals surface area (Å²) in [5.41, 5.74) is 10.3. The summed E-state index contributed by atoms with van der Waals surface area (Å²) >= 11 is 0. The van der Waals surface area contributed by atoms with Crippen LogP contribution in [0.1, 0.15) is 34.2 Å². The molecule has 3 rings (SSSR count). The standard InChI is InChI=1S/C16H20N4O/c1-3-20-14(8-11(2)18-20)10-19-7-6-12-4-5-13(17)9-15(12)16(19)21/h4-5,8-9H,3,6-7,10,17H2,1-2H3. The van der Waals surface area contributed by atoms with Crippen molar-refractivity contribution in [3.8, 4) is 0 Å². The Morgan fingerprint density at radius 2 is 2.14 bits per heavy atom. The highest BCUT2D eigenvalue weighted by Crippen LogP contribution is 2.23. The quantitative estimate of drug-likeness (QED) is 0.877. The van der Waals surface area contributed by atoms with Gasteiger partial charge in [0, 0.05) is 24.3 Å². The van der Waals surface area contributed by atoms with Crippen LogP contribution in [0, 0.1) is 6.92 Å². The highest BCUT2D eigenvalue weighted by atomic mass is 16.2. The normalized spacial score (nSPS) is 14.4. The van der Waals surface area contributed by atoms with Gasteiger partial charge in [-0.15, -0.1) is 0 Å². The van der Waals surface area contributed by atoms with Crippen LogP contribution in [0.5, 0.6) is 0 Å². The second kappa shape index (κ2) is 5.24. The lowest BCUT2D eigenvalue weighted by Crippen LogP contribution is -2.37. The first kappa shape index (κ1) is 13.7. The fraction of sp³-hybridized carbons (Fsp3) is 0.375. The lowest BCUT2D eigenvalue weighted by Gasteiger charge is -2.28. The Labute approximate surface area is 124 Å². The first-order valence-electron chi connectivity index (χ1n) is 7.29. The van der Waals surface area contributed by atoms with Crippen molar-refractivity contribution >= 4 is 11.6 Å². The van der Waals surface area contributed by atoms with Gasteiger partial charge in [0.15, 0.2) is 0 Å². The maximum Gasteiger partial charge on any atom is 0.254 e. The molecule has 1 aromatic heterocycles. The molecule has 1 aromatic carbocycles. The number of carbonyl (C=O) groups is 1. The average Bonchev–Trinajstić information content (AvgIpc) is 2.82. The molecule has 0 spiro atoms. The van der Waals surface area contributed by atoms with Crippen LogP contribution in [-0.2, 0) is 19.5 Å². The molecule has 0 saturated heterocycles. The predicted molar refractivity (Wildman–Crippen MR) is 81.9 cm³/mol. The molecule has 2 N–H and O–H groups in total. The second-order valence-corrected chi connectivity index (χ2v) is 5.49. The van der Waals surface area contributed by atoms with E-state index in [0.717, 1.165) is 42.0 Å². The van der Waals surface area contributed by atoms with E-state index in [-0.39, 0.29) is 5.91 Å². The van der Waals surface area contributed by atoms with E-state index in [0.29, 0.717) is 12.2 Å². The minimum Gasteiger partial charge on any atom is -0.399 e. The first-order valence-corrected chi connectivity index (χ1v) is 7.29. The molecule has 0 atom stereocenters. The van der Waals surface area contributed by atoms with Gasteiger partial charge in [-0.1, -0.05) is 6.07 Å². The minimum absolute atomic E-state index is 0.0602. The molecule has 1 amide bonds. The van der Waals surface area contributed by atoms with Crippen molar-refractivity contribution in [2.24, 2.45) is 0 Å². The van der Waals surface area contributed by atoms with Crippen LogP contribution in [0.3, 0.4) is 0 Å². The first-order chi connectivity index (χ1) is 10.1. The fourth-order valence-corrected chi connectivity index (χ4v) is 2.89. The monoisotopic (exact) mass is 284 g/mol. The molecule has 2 aromatic rings. The van der Waals surface area contributed by atoms with E-state index in [2.05, 4.69) is 12.0 Å². The maximum atomic E-state index is 12.6. The zero-order valence-electron chi connectivity index (χ0n) is 12.5. The molecule has 21 heavy (non-hydrogen) atoms. The molecule has 1 aliphatic heterocycles. The van der Waals surface area contributed by atoms with Crippen LogP contribution < -0.4 is 5.73 Å². The Bertz CT molecular complexity index is 690. The molecule has 5 heteroatoms. The lowest BCUT2D eigenvalue weighted by molar-refractivity contribution is 0.0722. The summed E-state index contributed by atoms with van der Waals surface area (Å²) in [4.78, 5) is 14.5. The number of fused-ring (bicyclic) bond motifs is 1. The van der Waals surface area contributed by atoms with Crippen LogP contribution in [0.2, 0.25) is 0 Å². The van der Waals surface area contributed by atoms with E-state index >= 15 is 0 Å². The number of aryl methyl sites for hydroxylation is 2. The Kier molecular flexibility index (Phi) is 3.41. The Morgan fingerprint density at radius 3 is 2.90 bits per heavy atom. The molecule has 5 nitrogen and oxygen atoms in total. The van der Waals surface area contributed by atoms with Crippen molar-refractivity contribution in [2.75, 3.05) is 12.3 Å². The number of carbonyl (C=O) groups excluding carboxylic acids is 1. The summed E-state index contributed by atoms with van der Waals surface area (Å²) in [6, 6.07) is 7.65. The number of aromatic nitrogens is 2. The van der Waals surface area contributed by atoms with Gasteiger partial charge in [-0.2, -0.15) is 5.10 Å². The van der Waals surface area contributed by atoms with E-state index in [1.807, 2.05) is 34.7 Å². The van der Waals surface area contributed by atoms with Crippen LogP contribution in [0.25, 0.3) is 0 Å². The predicted octanol–water partition coefficient (Wildman–Crippen LogP) is 1.99. The summed E-state index contributed by atoms with van der Waals surface area (Å²) in [5, 5.41) is 4.44. The molecule has 110 valence electrons. The Balaban J connectivity index is 1.86. The number of nitrogen functional groups attached to an aromatic ring is 1. The Morgan fingerprint density at radius 1 is 1.33 bits per heavy atom. The maximum absolute atomic E-state index is 12.6. The van der Waals surface area contributed by atoms with Gasteiger partial charge in [0.25, 0.3) is 5.91 Å². The number of anilines is 1. The topological polar surface area (TPSA) is 64.2 Å². The largest absolute Gasteiger partial charge is 0.399 e. The number of hydrogen-bond donors (Lipinski definition) is 1. The minimum atomic E-state index is 0.0602. The van der Waals surface area contributed by atoms with E-state index in [1.54, 1.807) is 6.07 Å². The van der Waals surface area contributed by atoms with Gasteiger partial charge in [0.2, 0.25) is 0 Å². The molecule has 0 saturated carbocycles. The van der Waals surface area contributed by atoms with Gasteiger partial charge in [-0.3, -0.25) is 9.48 Å². The number of hydrogen-bond acceptors (Lipinski definition) is 3. The molecular weight excluding hydrogens is 264 g/mol. The summed E-state index contributed by atoms with van der Waals surface area (Å²) < 4.78 is 1.96. The smallest absolute Gasteiger partial charge is 0.254 e. The van der Waals surface area contributed by atoms with Crippen molar-refractivity contribution in [3.05, 3.63) is 46.8 Å². The van der Waals surface area contributed by atoms with Gasteiger partial charge in [-0.25, -0.2) is 0 Å². The summed E-state index contributed by atoms with van der Waals surface area (Å²) in [5.74, 6) is 0.0602. The highest BCUT2D eigenvalue weighted by molar-refractivity contribution is 5.97. The third-order valence-electron chi connectivity index (χ3n) is 3.94. The average molecular weight is 284 g/mol. The van der Waals surface area contributed by atoms with E-state index < -0.39 is 0 Å². The van der Waals surface area contributed by atoms with Gasteiger partial charge < -0.3 is 10.6 Å². The van der Waals surface area contributed by atoms with E-state index in [1.165, 1.54) is 0 Å². The number of rotatable bonds is 3. The Hall–Kier alpha value is -2.30. The molecule has 1 aliphatic rings. The van der Waals surface area contributed by atoms with Crippen molar-refractivity contribution in [1.82, 2.24) is 14.7 Å². The van der Waals surface area contributed by atoms with Gasteiger partial charge >= 0.3 is 0 Å². The SMILES string of the molecule is CCn1nc(C)cc1CN1CCc2ccc(N)cc2C1=O. The molecule has 0 aliphatic carbocycles. The van der Waals surface area contributed by atoms with Crippen LogP contribution in [0.15, 0.2) is 24.3 Å². The van der Waals surface area contributed by atoms with Crippen molar-refractivity contribution in [3.63, 3.8) is 0 Å². The zero-order chi connectivity index (χ0) is 15.0. The zero-order valence-corrected chi connectivity index (χ0v) is 12.5. The summed E-state index contributed by atoms with van der Waals surface area (Å²) in [6.07, 6.45) is 0.876. The van der Waals surface area contributed by atoms with Crippen LogP contribution in [-0.4, -0.2) is 27.1 Å². The molecule has 0 fully saturated rings. The van der Waals surface area contributed by atoms with E-state index in [4.69, 9.17) is 5.73 Å². The van der Waals surface area contributed by atoms with Crippen molar-refractivity contribution < 1.29 is 4.79 Å². The number of nitrogens with zero attached hydrogens (tertiary/aromatic N) is 3. The highest BCUT2D eigenvalue weighted by Gasteiger charge is 2.25. The molecule has 0 bridgehead atoms. The van der Waals surface area contributed by atoms with E-state index in [9.17, 15) is 4.79 Å². The molecule has 2 heterocycles. The summed E-state index contributed by atoms with van der Waals surface area (Å²) in [6.45, 7) is 6.19. The molecule has 0 unspecified atom stereocenters. The van der Waals surface area contributed by atoms with Gasteiger partial charge in [0.1, 0.15) is 0 Å². The van der Waals surface area contributed by atoms with Gasteiger partial charge in [0.05, 0.1) is 17.9 Å². The van der Waals surface area contributed by atoms with Crippen molar-refractivity contribution in [2.45, 2.75) is 33.4 Å². The van der Waals surface area contributed by atoms with Crippen molar-refractivity contribution in [1.29, 1.82) is 0 Å². The number of benzene rings is 1. The lowest BCUT2D eigenvalue weighted by atomic mass is 9.98. The van der Waals surface area contributed by atoms with Crippen LogP contribution in [0.4, 0.5) is 5.69 Å². The second-order valence-electron chi connectivity index (χ2n) is 5.49. The summed E-state index contributed by atoms with van der Waals surface area (Å²) in [7, 11) is 0.